The lowest BCUT2D eigenvalue weighted by atomic mass is 10.1. The van der Waals surface area contributed by atoms with Crippen molar-refractivity contribution >= 4 is 5.78 Å². The molecule has 0 unspecified atom stereocenters. The third-order valence-corrected chi connectivity index (χ3v) is 3.52. The zero-order chi connectivity index (χ0) is 14.2. The van der Waals surface area contributed by atoms with Crippen LogP contribution in [-0.4, -0.2) is 26.7 Å². The molecule has 2 aromatic rings. The molecule has 0 aromatic carbocycles. The molecule has 2 heterocycles. The minimum absolute atomic E-state index is 0.536. The van der Waals surface area contributed by atoms with Crippen molar-refractivity contribution in [2.24, 2.45) is 0 Å². The van der Waals surface area contributed by atoms with Crippen LogP contribution < -0.4 is 0 Å². The molecule has 0 saturated heterocycles. The van der Waals surface area contributed by atoms with E-state index in [2.05, 4.69) is 22.0 Å². The minimum Gasteiger partial charge on any atom is -0.378 e. The lowest BCUT2D eigenvalue weighted by Crippen LogP contribution is -2.04. The summed E-state index contributed by atoms with van der Waals surface area (Å²) < 4.78 is 6.98. The van der Waals surface area contributed by atoms with Gasteiger partial charge in [-0.2, -0.15) is 10.1 Å². The summed E-state index contributed by atoms with van der Waals surface area (Å²) in [5.41, 5.74) is 2.21. The molecule has 0 aliphatic heterocycles. The van der Waals surface area contributed by atoms with Crippen LogP contribution in [0.25, 0.3) is 5.78 Å². The minimum atomic E-state index is 0.536. The van der Waals surface area contributed by atoms with Crippen LogP contribution in [0.4, 0.5) is 0 Å². The number of ether oxygens (including phenoxy) is 1. The Balaban J connectivity index is 1.94. The average molecular weight is 276 g/mol. The number of hydrogen-bond acceptors (Lipinski definition) is 4. The maximum Gasteiger partial charge on any atom is 0.252 e. The van der Waals surface area contributed by atoms with Crippen LogP contribution in [0.2, 0.25) is 0 Å². The van der Waals surface area contributed by atoms with E-state index in [1.807, 2.05) is 6.20 Å². The van der Waals surface area contributed by atoms with E-state index in [0.29, 0.717) is 12.4 Å². The van der Waals surface area contributed by atoms with Crippen molar-refractivity contribution in [3.8, 4) is 0 Å². The molecule has 0 saturated carbocycles. The lowest BCUT2D eigenvalue weighted by molar-refractivity contribution is 0.180. The molecular formula is C15H24N4O. The van der Waals surface area contributed by atoms with Crippen molar-refractivity contribution < 1.29 is 4.74 Å². The van der Waals surface area contributed by atoms with E-state index in [-0.39, 0.29) is 0 Å². The second-order valence-corrected chi connectivity index (χ2v) is 5.17. The molecule has 5 nitrogen and oxygen atoms in total. The number of hydrogen-bond donors (Lipinski definition) is 0. The molecule has 0 spiro atoms. The first-order valence-corrected chi connectivity index (χ1v) is 7.52. The molecule has 2 rings (SSSR count). The molecule has 110 valence electrons. The normalized spacial score (nSPS) is 11.3. The fourth-order valence-corrected chi connectivity index (χ4v) is 2.40. The lowest BCUT2D eigenvalue weighted by Gasteiger charge is -2.08. The van der Waals surface area contributed by atoms with Gasteiger partial charge in [0.25, 0.3) is 5.78 Å². The number of aromatic nitrogens is 4. The number of aryl methyl sites for hydroxylation is 1. The predicted molar refractivity (Wildman–Crippen MR) is 78.6 cm³/mol. The third kappa shape index (κ3) is 4.00. The highest BCUT2D eigenvalue weighted by molar-refractivity contribution is 5.31. The van der Waals surface area contributed by atoms with Gasteiger partial charge in [0.2, 0.25) is 0 Å². The highest BCUT2D eigenvalue weighted by atomic mass is 16.5. The SMILES string of the molecule is CCCCCCCCc1cn2ncnc2nc1COC. The van der Waals surface area contributed by atoms with Crippen molar-refractivity contribution in [2.45, 2.75) is 58.5 Å². The fraction of sp³-hybridized carbons (Fsp3) is 0.667. The third-order valence-electron chi connectivity index (χ3n) is 3.52. The largest absolute Gasteiger partial charge is 0.378 e. The van der Waals surface area contributed by atoms with Gasteiger partial charge in [-0.15, -0.1) is 0 Å². The van der Waals surface area contributed by atoms with Gasteiger partial charge in [-0.05, 0) is 18.4 Å². The van der Waals surface area contributed by atoms with E-state index >= 15 is 0 Å². The van der Waals surface area contributed by atoms with Crippen molar-refractivity contribution in [2.75, 3.05) is 7.11 Å². The standard InChI is InChI=1S/C15H24N4O/c1-3-4-5-6-7-8-9-13-10-19-15(16-12-17-19)18-14(13)11-20-2/h10,12H,3-9,11H2,1-2H3. The molecule has 0 amide bonds. The summed E-state index contributed by atoms with van der Waals surface area (Å²) in [6.07, 6.45) is 12.4. The van der Waals surface area contributed by atoms with E-state index < -0.39 is 0 Å². The number of nitrogens with zero attached hydrogens (tertiary/aromatic N) is 4. The zero-order valence-electron chi connectivity index (χ0n) is 12.5. The molecule has 0 atom stereocenters. The Bertz CT molecular complexity index is 524. The Morgan fingerprint density at radius 1 is 1.15 bits per heavy atom. The van der Waals surface area contributed by atoms with Crippen LogP contribution in [-0.2, 0) is 17.8 Å². The summed E-state index contributed by atoms with van der Waals surface area (Å²) in [7, 11) is 1.70. The van der Waals surface area contributed by atoms with Gasteiger partial charge in [-0.1, -0.05) is 39.0 Å². The maximum atomic E-state index is 5.23. The molecule has 2 aromatic heterocycles. The molecule has 0 aliphatic rings. The van der Waals surface area contributed by atoms with E-state index in [9.17, 15) is 0 Å². The van der Waals surface area contributed by atoms with Crippen molar-refractivity contribution in [3.63, 3.8) is 0 Å². The first kappa shape index (κ1) is 14.9. The topological polar surface area (TPSA) is 52.3 Å². The second-order valence-electron chi connectivity index (χ2n) is 5.17. The predicted octanol–water partition coefficient (Wildman–Crippen LogP) is 3.17. The Labute approximate surface area is 120 Å². The molecule has 20 heavy (non-hydrogen) atoms. The van der Waals surface area contributed by atoms with Crippen molar-refractivity contribution in [3.05, 3.63) is 23.8 Å². The van der Waals surface area contributed by atoms with Crippen LogP contribution in [0.1, 0.15) is 56.7 Å². The van der Waals surface area contributed by atoms with Gasteiger partial charge in [0.05, 0.1) is 12.3 Å². The Morgan fingerprint density at radius 3 is 2.75 bits per heavy atom. The van der Waals surface area contributed by atoms with Gasteiger partial charge >= 0.3 is 0 Å². The summed E-state index contributed by atoms with van der Waals surface area (Å²) in [5, 5.41) is 4.15. The molecule has 0 bridgehead atoms. The van der Waals surface area contributed by atoms with Crippen molar-refractivity contribution in [1.29, 1.82) is 0 Å². The van der Waals surface area contributed by atoms with E-state index in [1.165, 1.54) is 50.4 Å². The van der Waals surface area contributed by atoms with Crippen LogP contribution in [0.5, 0.6) is 0 Å². The molecule has 0 radical (unpaired) electrons. The Hall–Kier alpha value is -1.49. The second kappa shape index (κ2) is 7.94. The number of methoxy groups -OCH3 is 1. The summed E-state index contributed by atoms with van der Waals surface area (Å²) in [4.78, 5) is 8.64. The average Bonchev–Trinajstić information content (AvgIpc) is 2.90. The summed E-state index contributed by atoms with van der Waals surface area (Å²) in [5.74, 6) is 0.642. The number of fused-ring (bicyclic) bond motifs is 1. The van der Waals surface area contributed by atoms with E-state index in [4.69, 9.17) is 4.74 Å². The highest BCUT2D eigenvalue weighted by Gasteiger charge is 2.08. The molecule has 0 aliphatic carbocycles. The highest BCUT2D eigenvalue weighted by Crippen LogP contribution is 2.14. The molecule has 5 heteroatoms. The van der Waals surface area contributed by atoms with Gasteiger partial charge < -0.3 is 4.74 Å². The van der Waals surface area contributed by atoms with Crippen LogP contribution >= 0.6 is 0 Å². The molecule has 0 N–H and O–H groups in total. The number of rotatable bonds is 9. The number of unbranched alkanes of at least 4 members (excludes halogenated alkanes) is 5. The molecule has 0 fully saturated rings. The van der Waals surface area contributed by atoms with Gasteiger partial charge in [0.1, 0.15) is 6.33 Å². The summed E-state index contributed by atoms with van der Waals surface area (Å²) in [6.45, 7) is 2.78. The van der Waals surface area contributed by atoms with Crippen LogP contribution in [0.3, 0.4) is 0 Å². The van der Waals surface area contributed by atoms with Gasteiger partial charge in [-0.25, -0.2) is 9.50 Å². The van der Waals surface area contributed by atoms with Gasteiger partial charge in [0.15, 0.2) is 0 Å². The van der Waals surface area contributed by atoms with Crippen LogP contribution in [0, 0.1) is 0 Å². The van der Waals surface area contributed by atoms with E-state index in [1.54, 1.807) is 11.6 Å². The summed E-state index contributed by atoms with van der Waals surface area (Å²) in [6, 6.07) is 0. The van der Waals surface area contributed by atoms with Crippen molar-refractivity contribution in [1.82, 2.24) is 19.6 Å². The Kier molecular flexibility index (Phi) is 5.92. The monoisotopic (exact) mass is 276 g/mol. The van der Waals surface area contributed by atoms with Gasteiger partial charge in [-0.3, -0.25) is 0 Å². The Morgan fingerprint density at radius 2 is 1.95 bits per heavy atom. The van der Waals surface area contributed by atoms with Gasteiger partial charge in [0, 0.05) is 13.3 Å². The summed E-state index contributed by atoms with van der Waals surface area (Å²) >= 11 is 0. The van der Waals surface area contributed by atoms with Crippen LogP contribution in [0.15, 0.2) is 12.5 Å². The maximum absolute atomic E-state index is 5.23. The fourth-order valence-electron chi connectivity index (χ4n) is 2.40. The first-order chi connectivity index (χ1) is 9.85. The van der Waals surface area contributed by atoms with E-state index in [0.717, 1.165) is 12.1 Å². The molecular weight excluding hydrogens is 252 g/mol. The smallest absolute Gasteiger partial charge is 0.252 e. The zero-order valence-corrected chi connectivity index (χ0v) is 12.5. The first-order valence-electron chi connectivity index (χ1n) is 7.52. The quantitative estimate of drug-likeness (QED) is 0.660.